The van der Waals surface area contributed by atoms with Crippen LogP contribution in [0.4, 0.5) is 5.69 Å². The molecule has 2 aromatic rings. The molecule has 4 heteroatoms. The Morgan fingerprint density at radius 1 is 1.29 bits per heavy atom. The molecule has 4 nitrogen and oxygen atoms in total. The van der Waals surface area contributed by atoms with Gasteiger partial charge in [-0.2, -0.15) is 5.26 Å². The van der Waals surface area contributed by atoms with E-state index in [9.17, 15) is 0 Å². The zero-order valence-electron chi connectivity index (χ0n) is 9.34. The Morgan fingerprint density at radius 2 is 2.12 bits per heavy atom. The maximum absolute atomic E-state index is 8.63. The van der Waals surface area contributed by atoms with Crippen molar-refractivity contribution in [2.24, 2.45) is 0 Å². The van der Waals surface area contributed by atoms with E-state index in [1.54, 1.807) is 18.2 Å². The number of ether oxygens (including phenoxy) is 1. The summed E-state index contributed by atoms with van der Waals surface area (Å²) in [6, 6.07) is 10.8. The fraction of sp³-hybridized carbons (Fsp3) is 0.0769. The van der Waals surface area contributed by atoms with E-state index in [1.165, 1.54) is 6.20 Å². The minimum atomic E-state index is 0.356. The molecule has 2 rings (SSSR count). The van der Waals surface area contributed by atoms with Crippen molar-refractivity contribution in [3.8, 4) is 17.6 Å². The summed E-state index contributed by atoms with van der Waals surface area (Å²) in [5.41, 5.74) is 7.79. The molecule has 0 saturated carbocycles. The van der Waals surface area contributed by atoms with E-state index in [4.69, 9.17) is 15.7 Å². The van der Waals surface area contributed by atoms with Gasteiger partial charge < -0.3 is 10.5 Å². The van der Waals surface area contributed by atoms with Gasteiger partial charge in [-0.1, -0.05) is 6.07 Å². The third-order valence-electron chi connectivity index (χ3n) is 2.25. The molecule has 0 aliphatic carbocycles. The van der Waals surface area contributed by atoms with E-state index < -0.39 is 0 Å². The maximum Gasteiger partial charge on any atom is 0.150 e. The van der Waals surface area contributed by atoms with Crippen molar-refractivity contribution in [2.45, 2.75) is 6.92 Å². The minimum Gasteiger partial charge on any atom is -0.454 e. The quantitative estimate of drug-likeness (QED) is 0.797. The molecule has 17 heavy (non-hydrogen) atoms. The number of aryl methyl sites for hydroxylation is 1. The summed E-state index contributed by atoms with van der Waals surface area (Å²) in [4.78, 5) is 3.92. The number of benzene rings is 1. The lowest BCUT2D eigenvalue weighted by Crippen LogP contribution is -1.93. The van der Waals surface area contributed by atoms with Crippen molar-refractivity contribution in [3.63, 3.8) is 0 Å². The zero-order valence-corrected chi connectivity index (χ0v) is 9.34. The third-order valence-corrected chi connectivity index (χ3v) is 2.25. The van der Waals surface area contributed by atoms with E-state index in [2.05, 4.69) is 4.98 Å². The first kappa shape index (κ1) is 11.0. The summed E-state index contributed by atoms with van der Waals surface area (Å²) in [6.45, 7) is 1.96. The number of aromatic nitrogens is 1. The van der Waals surface area contributed by atoms with Crippen LogP contribution in [-0.4, -0.2) is 4.98 Å². The van der Waals surface area contributed by atoms with Gasteiger partial charge in [0.2, 0.25) is 0 Å². The lowest BCUT2D eigenvalue weighted by atomic mass is 10.2. The van der Waals surface area contributed by atoms with Gasteiger partial charge in [-0.3, -0.25) is 0 Å². The molecule has 2 N–H and O–H groups in total. The maximum atomic E-state index is 8.63. The van der Waals surface area contributed by atoms with Gasteiger partial charge in [0.15, 0.2) is 5.75 Å². The van der Waals surface area contributed by atoms with Crippen molar-refractivity contribution >= 4 is 5.69 Å². The fourth-order valence-electron chi connectivity index (χ4n) is 1.36. The highest BCUT2D eigenvalue weighted by molar-refractivity contribution is 5.55. The van der Waals surface area contributed by atoms with Crippen molar-refractivity contribution in [2.75, 3.05) is 5.73 Å². The van der Waals surface area contributed by atoms with Crippen molar-refractivity contribution in [1.29, 1.82) is 5.26 Å². The second-order valence-electron chi connectivity index (χ2n) is 3.63. The first-order valence-corrected chi connectivity index (χ1v) is 5.09. The molecule has 0 spiro atoms. The van der Waals surface area contributed by atoms with Crippen LogP contribution in [0.25, 0.3) is 0 Å². The number of pyridine rings is 1. The fourth-order valence-corrected chi connectivity index (χ4v) is 1.36. The molecule has 0 radical (unpaired) electrons. The van der Waals surface area contributed by atoms with Crippen molar-refractivity contribution in [3.05, 3.63) is 47.8 Å². The van der Waals surface area contributed by atoms with Gasteiger partial charge in [0.25, 0.3) is 0 Å². The number of nitrogen functional groups attached to an aromatic ring is 1. The highest BCUT2D eigenvalue weighted by atomic mass is 16.5. The number of rotatable bonds is 2. The predicted molar refractivity (Wildman–Crippen MR) is 64.6 cm³/mol. The number of nitrogens with two attached hydrogens (primary N) is 1. The molecular formula is C13H11N3O. The number of nitrogens with zero attached hydrogens (tertiary/aromatic N) is 2. The molecule has 0 unspecified atom stereocenters. The summed E-state index contributed by atoms with van der Waals surface area (Å²) in [7, 11) is 0. The topological polar surface area (TPSA) is 71.9 Å². The Balaban J connectivity index is 2.25. The van der Waals surface area contributed by atoms with Crippen LogP contribution in [0.1, 0.15) is 11.3 Å². The smallest absolute Gasteiger partial charge is 0.150 e. The monoisotopic (exact) mass is 225 g/mol. The summed E-state index contributed by atoms with van der Waals surface area (Å²) >= 11 is 0. The molecule has 0 saturated heterocycles. The molecule has 1 aromatic carbocycles. The molecule has 0 amide bonds. The third kappa shape index (κ3) is 2.52. The average molecular weight is 225 g/mol. The first-order valence-electron chi connectivity index (χ1n) is 5.09. The van der Waals surface area contributed by atoms with Gasteiger partial charge in [-0.15, -0.1) is 0 Å². The molecule has 0 aliphatic heterocycles. The second-order valence-corrected chi connectivity index (χ2v) is 3.63. The Bertz CT molecular complexity index is 570. The summed E-state index contributed by atoms with van der Waals surface area (Å²) in [6.07, 6.45) is 1.50. The van der Waals surface area contributed by atoms with Gasteiger partial charge in [-0.25, -0.2) is 4.98 Å². The van der Waals surface area contributed by atoms with Crippen molar-refractivity contribution in [1.82, 2.24) is 4.98 Å². The van der Waals surface area contributed by atoms with E-state index in [-0.39, 0.29) is 0 Å². The van der Waals surface area contributed by atoms with Crippen LogP contribution in [0.5, 0.6) is 11.5 Å². The van der Waals surface area contributed by atoms with Gasteiger partial charge >= 0.3 is 0 Å². The van der Waals surface area contributed by atoms with Crippen LogP contribution >= 0.6 is 0 Å². The van der Waals surface area contributed by atoms with Crippen LogP contribution in [0, 0.1) is 18.3 Å². The van der Waals surface area contributed by atoms with Gasteiger partial charge in [0, 0.05) is 0 Å². The molecule has 0 fully saturated rings. The molecular weight excluding hydrogens is 214 g/mol. The Labute approximate surface area is 99.3 Å². The summed E-state index contributed by atoms with van der Waals surface area (Å²) in [5.74, 6) is 1.15. The minimum absolute atomic E-state index is 0.356. The van der Waals surface area contributed by atoms with E-state index in [0.717, 1.165) is 5.56 Å². The molecule has 0 bridgehead atoms. The molecule has 0 atom stereocenters. The zero-order chi connectivity index (χ0) is 12.3. The lowest BCUT2D eigenvalue weighted by Gasteiger charge is -2.08. The molecule has 0 aliphatic rings. The number of hydrogen-bond acceptors (Lipinski definition) is 4. The largest absolute Gasteiger partial charge is 0.454 e. The average Bonchev–Trinajstić information content (AvgIpc) is 2.35. The normalized spacial score (nSPS) is 9.65. The van der Waals surface area contributed by atoms with Crippen LogP contribution in [0.15, 0.2) is 36.5 Å². The van der Waals surface area contributed by atoms with Crippen molar-refractivity contribution < 1.29 is 4.74 Å². The van der Waals surface area contributed by atoms with Gasteiger partial charge in [0.05, 0.1) is 11.9 Å². The SMILES string of the molecule is Cc1ccc(N)c(Oc2ccc(C#N)nc2)c1. The Hall–Kier alpha value is -2.54. The van der Waals surface area contributed by atoms with Crippen LogP contribution in [0.3, 0.4) is 0 Å². The Morgan fingerprint density at radius 3 is 2.76 bits per heavy atom. The highest BCUT2D eigenvalue weighted by Crippen LogP contribution is 2.27. The number of hydrogen-bond donors (Lipinski definition) is 1. The van der Waals surface area contributed by atoms with E-state index in [1.807, 2.05) is 25.1 Å². The second kappa shape index (κ2) is 4.54. The number of anilines is 1. The van der Waals surface area contributed by atoms with Crippen LogP contribution in [-0.2, 0) is 0 Å². The van der Waals surface area contributed by atoms with Gasteiger partial charge in [0.1, 0.15) is 17.5 Å². The van der Waals surface area contributed by atoms with Gasteiger partial charge in [-0.05, 0) is 36.8 Å². The number of nitriles is 1. The Kier molecular flexibility index (Phi) is 2.93. The van der Waals surface area contributed by atoms with Crippen LogP contribution < -0.4 is 10.5 Å². The predicted octanol–water partition coefficient (Wildman–Crippen LogP) is 2.64. The first-order chi connectivity index (χ1) is 8.19. The summed E-state index contributed by atoms with van der Waals surface area (Å²) < 4.78 is 5.59. The molecule has 84 valence electrons. The standard InChI is InChI=1S/C13H11N3O/c1-9-2-5-12(15)13(6-9)17-11-4-3-10(7-14)16-8-11/h2-6,8H,15H2,1H3. The molecule has 1 heterocycles. The summed E-state index contributed by atoms with van der Waals surface area (Å²) in [5, 5.41) is 8.63. The van der Waals surface area contributed by atoms with E-state index >= 15 is 0 Å². The van der Waals surface area contributed by atoms with E-state index in [0.29, 0.717) is 22.9 Å². The lowest BCUT2D eigenvalue weighted by molar-refractivity contribution is 0.482. The molecule has 1 aromatic heterocycles. The highest BCUT2D eigenvalue weighted by Gasteiger charge is 2.03. The van der Waals surface area contributed by atoms with Crippen LogP contribution in [0.2, 0.25) is 0 Å².